The predicted molar refractivity (Wildman–Crippen MR) is 137 cm³/mol. The van der Waals surface area contributed by atoms with E-state index in [9.17, 15) is 0 Å². The van der Waals surface area contributed by atoms with Gasteiger partial charge < -0.3 is 13.6 Å². The van der Waals surface area contributed by atoms with E-state index in [0.717, 1.165) is 33.0 Å². The van der Waals surface area contributed by atoms with E-state index in [2.05, 4.69) is 103 Å². The van der Waals surface area contributed by atoms with Crippen LogP contribution < -0.4 is 0 Å². The highest BCUT2D eigenvalue weighted by atomic mass is 28.4. The number of hydrogen-bond acceptors (Lipinski definition) is 4. The molecule has 31 heavy (non-hydrogen) atoms. The van der Waals surface area contributed by atoms with E-state index < -0.39 is 16.6 Å². The largest absolute Gasteiger partial charge is 0.415 e. The van der Waals surface area contributed by atoms with Crippen molar-refractivity contribution in [3.63, 3.8) is 0 Å². The van der Waals surface area contributed by atoms with Crippen LogP contribution in [-0.4, -0.2) is 60.0 Å². The minimum absolute atomic E-state index is 0.206. The van der Waals surface area contributed by atoms with Crippen LogP contribution in [0.25, 0.3) is 0 Å². The van der Waals surface area contributed by atoms with Crippen molar-refractivity contribution in [3.8, 4) is 0 Å². The number of rotatable bonds is 8. The minimum Gasteiger partial charge on any atom is -0.415 e. The molecular formula is C25H47NO3Si2. The van der Waals surface area contributed by atoms with Gasteiger partial charge in [0.25, 0.3) is 0 Å². The molecular weight excluding hydrogens is 418 g/mol. The van der Waals surface area contributed by atoms with Crippen LogP contribution in [0.4, 0.5) is 0 Å². The van der Waals surface area contributed by atoms with E-state index in [0.29, 0.717) is 0 Å². The predicted octanol–water partition coefficient (Wildman–Crippen LogP) is 6.30. The van der Waals surface area contributed by atoms with Crippen LogP contribution in [0.15, 0.2) is 30.3 Å². The van der Waals surface area contributed by atoms with E-state index in [-0.39, 0.29) is 22.2 Å². The SMILES string of the molecule is CC(C)(C)[Si](C)(C)OC[C@@H]1COC[C@@H](CO[Si](C)(C)C(C)(C)C)N1Cc1ccccc1. The molecule has 178 valence electrons. The summed E-state index contributed by atoms with van der Waals surface area (Å²) in [6, 6.07) is 11.3. The Labute approximate surface area is 193 Å². The van der Waals surface area contributed by atoms with E-state index in [1.165, 1.54) is 5.56 Å². The van der Waals surface area contributed by atoms with Crippen molar-refractivity contribution in [2.24, 2.45) is 0 Å². The molecule has 1 fully saturated rings. The summed E-state index contributed by atoms with van der Waals surface area (Å²) in [5.41, 5.74) is 1.33. The van der Waals surface area contributed by atoms with Crippen LogP contribution in [0.1, 0.15) is 47.1 Å². The van der Waals surface area contributed by atoms with Gasteiger partial charge >= 0.3 is 0 Å². The molecule has 1 saturated heterocycles. The highest BCUT2D eigenvalue weighted by Gasteiger charge is 2.41. The lowest BCUT2D eigenvalue weighted by molar-refractivity contribution is -0.0798. The van der Waals surface area contributed by atoms with Crippen LogP contribution >= 0.6 is 0 Å². The van der Waals surface area contributed by atoms with Gasteiger partial charge in [0.1, 0.15) is 0 Å². The molecule has 1 heterocycles. The van der Waals surface area contributed by atoms with Gasteiger partial charge in [-0.1, -0.05) is 71.9 Å². The molecule has 0 amide bonds. The maximum Gasteiger partial charge on any atom is 0.192 e. The smallest absolute Gasteiger partial charge is 0.192 e. The average molecular weight is 466 g/mol. The van der Waals surface area contributed by atoms with E-state index in [1.807, 2.05) is 0 Å². The highest BCUT2D eigenvalue weighted by molar-refractivity contribution is 6.74. The second kappa shape index (κ2) is 10.2. The Balaban J connectivity index is 2.17. The van der Waals surface area contributed by atoms with E-state index >= 15 is 0 Å². The Kier molecular flexibility index (Phi) is 8.78. The lowest BCUT2D eigenvalue weighted by atomic mass is 10.1. The molecule has 0 aliphatic carbocycles. The number of nitrogens with zero attached hydrogens (tertiary/aromatic N) is 1. The number of ether oxygens (including phenoxy) is 1. The zero-order valence-electron chi connectivity index (χ0n) is 21.7. The van der Waals surface area contributed by atoms with Gasteiger partial charge in [-0.25, -0.2) is 0 Å². The van der Waals surface area contributed by atoms with Gasteiger partial charge in [0.15, 0.2) is 16.6 Å². The maximum atomic E-state index is 6.63. The van der Waals surface area contributed by atoms with Crippen LogP contribution in [-0.2, 0) is 20.1 Å². The van der Waals surface area contributed by atoms with Crippen LogP contribution in [0.2, 0.25) is 36.3 Å². The summed E-state index contributed by atoms with van der Waals surface area (Å²) in [6.45, 7) is 26.9. The third kappa shape index (κ3) is 7.24. The van der Waals surface area contributed by atoms with Crippen LogP contribution in [0, 0.1) is 0 Å². The fourth-order valence-corrected chi connectivity index (χ4v) is 5.30. The molecule has 0 saturated carbocycles. The van der Waals surface area contributed by atoms with Gasteiger partial charge in [0.2, 0.25) is 0 Å². The average Bonchev–Trinajstić information content (AvgIpc) is 2.65. The molecule has 4 nitrogen and oxygen atoms in total. The highest BCUT2D eigenvalue weighted by Crippen LogP contribution is 2.38. The molecule has 2 rings (SSSR count). The third-order valence-electron chi connectivity index (χ3n) is 7.65. The lowest BCUT2D eigenvalue weighted by Crippen LogP contribution is -2.57. The zero-order valence-corrected chi connectivity index (χ0v) is 23.7. The number of morpholine rings is 1. The summed E-state index contributed by atoms with van der Waals surface area (Å²) in [4.78, 5) is 2.58. The molecule has 1 aliphatic rings. The standard InChI is InChI=1S/C25H47NO3Si2/c1-24(2,3)30(7,8)28-19-22-17-27-18-23(20-29-31(9,10)25(4,5)6)26(22)16-21-14-12-11-13-15-21/h11-15,22-23H,16-20H2,1-10H3/t22-,23-/m0/s1. The van der Waals surface area contributed by atoms with Crippen molar-refractivity contribution >= 4 is 16.6 Å². The molecule has 0 N–H and O–H groups in total. The first-order chi connectivity index (χ1) is 14.1. The zero-order chi connectivity index (χ0) is 23.5. The number of benzene rings is 1. The summed E-state index contributed by atoms with van der Waals surface area (Å²) >= 11 is 0. The molecule has 0 aromatic heterocycles. The van der Waals surface area contributed by atoms with Crippen LogP contribution in [0.5, 0.6) is 0 Å². The molecule has 2 atom stereocenters. The Bertz CT molecular complexity index is 642. The summed E-state index contributed by atoms with van der Waals surface area (Å²) < 4.78 is 19.4. The first-order valence-electron chi connectivity index (χ1n) is 11.8. The second-order valence-corrected chi connectivity index (χ2v) is 21.8. The van der Waals surface area contributed by atoms with E-state index in [4.69, 9.17) is 13.6 Å². The van der Waals surface area contributed by atoms with Gasteiger partial charge in [0.05, 0.1) is 38.5 Å². The van der Waals surface area contributed by atoms with Crippen LogP contribution in [0.3, 0.4) is 0 Å². The molecule has 0 bridgehead atoms. The topological polar surface area (TPSA) is 30.9 Å². The molecule has 1 aliphatic heterocycles. The molecule has 0 spiro atoms. The Morgan fingerprint density at radius 3 is 1.61 bits per heavy atom. The molecule has 1 aromatic carbocycles. The van der Waals surface area contributed by atoms with Crippen molar-refractivity contribution < 1.29 is 13.6 Å². The second-order valence-electron chi connectivity index (χ2n) is 12.1. The van der Waals surface area contributed by atoms with Crippen molar-refractivity contribution in [3.05, 3.63) is 35.9 Å². The monoisotopic (exact) mass is 465 g/mol. The maximum absolute atomic E-state index is 6.63. The first-order valence-corrected chi connectivity index (χ1v) is 17.6. The first kappa shape index (κ1) is 26.7. The van der Waals surface area contributed by atoms with E-state index in [1.54, 1.807) is 0 Å². The van der Waals surface area contributed by atoms with Gasteiger partial charge in [0, 0.05) is 6.54 Å². The normalized spacial score (nSPS) is 22.0. The fraction of sp³-hybridized carbons (Fsp3) is 0.760. The summed E-state index contributed by atoms with van der Waals surface area (Å²) in [5.74, 6) is 0. The van der Waals surface area contributed by atoms with Gasteiger partial charge in [-0.15, -0.1) is 0 Å². The quantitative estimate of drug-likeness (QED) is 0.422. The van der Waals surface area contributed by atoms with Gasteiger partial charge in [-0.2, -0.15) is 0 Å². The van der Waals surface area contributed by atoms with Gasteiger partial charge in [-0.3, -0.25) is 4.90 Å². The fourth-order valence-electron chi connectivity index (χ4n) is 3.21. The Hall–Kier alpha value is -0.506. The Morgan fingerprint density at radius 2 is 1.23 bits per heavy atom. The summed E-state index contributed by atoms with van der Waals surface area (Å²) in [6.07, 6.45) is 0. The molecule has 6 heteroatoms. The lowest BCUT2D eigenvalue weighted by Gasteiger charge is -2.45. The minimum atomic E-state index is -1.81. The summed E-state index contributed by atoms with van der Waals surface area (Å²) in [5, 5.41) is 0.412. The number of hydrogen-bond donors (Lipinski definition) is 0. The molecule has 0 radical (unpaired) electrons. The van der Waals surface area contributed by atoms with Crippen molar-refractivity contribution in [2.75, 3.05) is 26.4 Å². The van der Waals surface area contributed by atoms with Gasteiger partial charge in [-0.05, 0) is 41.8 Å². The third-order valence-corrected chi connectivity index (χ3v) is 16.7. The summed E-state index contributed by atoms with van der Waals surface area (Å²) in [7, 11) is -3.62. The van der Waals surface area contributed by atoms with Crippen molar-refractivity contribution in [2.45, 2.75) is 96.4 Å². The molecule has 0 unspecified atom stereocenters. The van der Waals surface area contributed by atoms with Crippen molar-refractivity contribution in [1.29, 1.82) is 0 Å². The molecule has 1 aromatic rings. The van der Waals surface area contributed by atoms with Crippen molar-refractivity contribution in [1.82, 2.24) is 4.90 Å². The Morgan fingerprint density at radius 1 is 0.806 bits per heavy atom.